The molecule has 0 amide bonds. The molecule has 1 aliphatic carbocycles. The van der Waals surface area contributed by atoms with E-state index in [2.05, 4.69) is 0 Å². The Morgan fingerprint density at radius 3 is 3.00 bits per heavy atom. The Hall–Kier alpha value is -0.480. The Morgan fingerprint density at radius 2 is 2.35 bits per heavy atom. The van der Waals surface area contributed by atoms with Gasteiger partial charge in [-0.1, -0.05) is 0 Å². The summed E-state index contributed by atoms with van der Waals surface area (Å²) in [4.78, 5) is 0. The summed E-state index contributed by atoms with van der Waals surface area (Å²) in [6.45, 7) is 0. The monoisotopic (exact) mass is 260 g/mol. The molecule has 1 heterocycles. The van der Waals surface area contributed by atoms with Gasteiger partial charge in [-0.05, 0) is 54.0 Å². The molecule has 96 valence electrons. The number of halogens is 2. The number of thiophene rings is 1. The van der Waals surface area contributed by atoms with Crippen LogP contribution in [0.2, 0.25) is 0 Å². The highest BCUT2D eigenvalue weighted by Crippen LogP contribution is 2.38. The fourth-order valence-electron chi connectivity index (χ4n) is 2.52. The SMILES string of the molecule is OC(CCc1ccsc1)C1CCCC(F)(F)C1. The van der Waals surface area contributed by atoms with Gasteiger partial charge in [0.2, 0.25) is 5.92 Å². The number of aliphatic hydroxyl groups excluding tert-OH is 1. The zero-order valence-corrected chi connectivity index (χ0v) is 10.6. The molecule has 2 unspecified atom stereocenters. The lowest BCUT2D eigenvalue weighted by Gasteiger charge is -2.31. The highest BCUT2D eigenvalue weighted by atomic mass is 32.1. The van der Waals surface area contributed by atoms with Crippen molar-refractivity contribution in [1.29, 1.82) is 0 Å². The number of hydrogen-bond acceptors (Lipinski definition) is 2. The van der Waals surface area contributed by atoms with Crippen molar-refractivity contribution in [3.05, 3.63) is 22.4 Å². The Kier molecular flexibility index (Phi) is 4.15. The fraction of sp³-hybridized carbons (Fsp3) is 0.692. The molecule has 0 aromatic carbocycles. The molecule has 1 nitrogen and oxygen atoms in total. The van der Waals surface area contributed by atoms with Crippen LogP contribution < -0.4 is 0 Å². The predicted octanol–water partition coefficient (Wildman–Crippen LogP) is 3.87. The summed E-state index contributed by atoms with van der Waals surface area (Å²) >= 11 is 1.62. The first-order valence-electron chi connectivity index (χ1n) is 6.14. The number of aryl methyl sites for hydroxylation is 1. The van der Waals surface area contributed by atoms with E-state index in [9.17, 15) is 13.9 Å². The van der Waals surface area contributed by atoms with Gasteiger partial charge in [0, 0.05) is 12.8 Å². The van der Waals surface area contributed by atoms with Crippen LogP contribution in [-0.4, -0.2) is 17.1 Å². The summed E-state index contributed by atoms with van der Waals surface area (Å²) in [5, 5.41) is 14.0. The molecule has 1 aromatic heterocycles. The Labute approximate surface area is 104 Å². The van der Waals surface area contributed by atoms with Crippen molar-refractivity contribution in [1.82, 2.24) is 0 Å². The highest BCUT2D eigenvalue weighted by molar-refractivity contribution is 7.07. The average Bonchev–Trinajstić information content (AvgIpc) is 2.77. The van der Waals surface area contributed by atoms with Crippen molar-refractivity contribution in [2.24, 2.45) is 5.92 Å². The molecular formula is C13H18F2OS. The largest absolute Gasteiger partial charge is 0.393 e. The van der Waals surface area contributed by atoms with E-state index >= 15 is 0 Å². The summed E-state index contributed by atoms with van der Waals surface area (Å²) in [6.07, 6.45) is 1.91. The smallest absolute Gasteiger partial charge is 0.248 e. The van der Waals surface area contributed by atoms with Crippen LogP contribution in [0.15, 0.2) is 16.8 Å². The zero-order valence-electron chi connectivity index (χ0n) is 9.74. The van der Waals surface area contributed by atoms with E-state index in [0.717, 1.165) is 12.8 Å². The Bertz CT molecular complexity index is 337. The molecule has 1 aromatic rings. The molecule has 0 radical (unpaired) electrons. The van der Waals surface area contributed by atoms with E-state index in [1.807, 2.05) is 16.8 Å². The average molecular weight is 260 g/mol. The van der Waals surface area contributed by atoms with E-state index in [1.54, 1.807) is 11.3 Å². The van der Waals surface area contributed by atoms with Crippen LogP contribution in [0.5, 0.6) is 0 Å². The molecule has 1 aliphatic rings. The van der Waals surface area contributed by atoms with Gasteiger partial charge in [-0.15, -0.1) is 0 Å². The van der Waals surface area contributed by atoms with Crippen LogP contribution in [-0.2, 0) is 6.42 Å². The minimum absolute atomic E-state index is 0.0131. The molecular weight excluding hydrogens is 242 g/mol. The maximum atomic E-state index is 13.2. The van der Waals surface area contributed by atoms with Gasteiger partial charge >= 0.3 is 0 Å². The molecule has 1 N–H and O–H groups in total. The first-order chi connectivity index (χ1) is 8.07. The van der Waals surface area contributed by atoms with Crippen molar-refractivity contribution in [2.45, 2.75) is 50.6 Å². The molecule has 0 spiro atoms. The normalized spacial score (nSPS) is 25.7. The molecule has 1 saturated carbocycles. The molecule has 0 bridgehead atoms. The van der Waals surface area contributed by atoms with E-state index in [1.165, 1.54) is 5.56 Å². The third-order valence-electron chi connectivity index (χ3n) is 3.53. The van der Waals surface area contributed by atoms with Gasteiger partial charge in [-0.3, -0.25) is 0 Å². The van der Waals surface area contributed by atoms with Crippen LogP contribution in [0.25, 0.3) is 0 Å². The minimum Gasteiger partial charge on any atom is -0.393 e. The first-order valence-corrected chi connectivity index (χ1v) is 7.08. The third-order valence-corrected chi connectivity index (χ3v) is 4.26. The molecule has 4 heteroatoms. The van der Waals surface area contributed by atoms with E-state index in [-0.39, 0.29) is 18.8 Å². The van der Waals surface area contributed by atoms with Gasteiger partial charge in [0.05, 0.1) is 6.10 Å². The summed E-state index contributed by atoms with van der Waals surface area (Å²) in [7, 11) is 0. The van der Waals surface area contributed by atoms with Crippen LogP contribution in [0.4, 0.5) is 8.78 Å². The summed E-state index contributed by atoms with van der Waals surface area (Å²) in [5.74, 6) is -2.79. The van der Waals surface area contributed by atoms with Crippen molar-refractivity contribution >= 4 is 11.3 Å². The van der Waals surface area contributed by atoms with Gasteiger partial charge in [-0.25, -0.2) is 8.78 Å². The third kappa shape index (κ3) is 3.75. The quantitative estimate of drug-likeness (QED) is 0.871. The molecule has 17 heavy (non-hydrogen) atoms. The molecule has 2 rings (SSSR count). The predicted molar refractivity (Wildman–Crippen MR) is 65.6 cm³/mol. The first kappa shape index (κ1) is 13.0. The fourth-order valence-corrected chi connectivity index (χ4v) is 3.23. The maximum Gasteiger partial charge on any atom is 0.248 e. The minimum atomic E-state index is -2.56. The van der Waals surface area contributed by atoms with E-state index in [4.69, 9.17) is 0 Å². The Balaban J connectivity index is 1.81. The van der Waals surface area contributed by atoms with E-state index < -0.39 is 12.0 Å². The molecule has 0 aliphatic heterocycles. The van der Waals surface area contributed by atoms with Gasteiger partial charge < -0.3 is 5.11 Å². The lowest BCUT2D eigenvalue weighted by atomic mass is 9.81. The second kappa shape index (κ2) is 5.44. The standard InChI is InChI=1S/C13H18F2OS/c14-13(15)6-1-2-11(8-13)12(16)4-3-10-5-7-17-9-10/h5,7,9,11-12,16H,1-4,6,8H2. The lowest BCUT2D eigenvalue weighted by Crippen LogP contribution is -2.33. The van der Waals surface area contributed by atoms with Crippen LogP contribution in [0.3, 0.4) is 0 Å². The van der Waals surface area contributed by atoms with Gasteiger partial charge in [0.15, 0.2) is 0 Å². The van der Waals surface area contributed by atoms with Gasteiger partial charge in [-0.2, -0.15) is 11.3 Å². The van der Waals surface area contributed by atoms with Gasteiger partial charge in [0.1, 0.15) is 0 Å². The number of hydrogen-bond donors (Lipinski definition) is 1. The van der Waals surface area contributed by atoms with Crippen molar-refractivity contribution in [2.75, 3.05) is 0 Å². The second-order valence-electron chi connectivity index (χ2n) is 4.95. The van der Waals surface area contributed by atoms with Crippen LogP contribution in [0.1, 0.15) is 37.7 Å². The van der Waals surface area contributed by atoms with E-state index in [0.29, 0.717) is 12.8 Å². The van der Waals surface area contributed by atoms with Crippen LogP contribution in [0, 0.1) is 5.92 Å². The zero-order chi connectivity index (χ0) is 12.3. The summed E-state index contributed by atoms with van der Waals surface area (Å²) in [6, 6.07) is 2.02. The van der Waals surface area contributed by atoms with Gasteiger partial charge in [0.25, 0.3) is 0 Å². The maximum absolute atomic E-state index is 13.2. The van der Waals surface area contributed by atoms with Crippen molar-refractivity contribution in [3.8, 4) is 0 Å². The molecule has 2 atom stereocenters. The molecule has 0 saturated heterocycles. The number of aliphatic hydroxyl groups is 1. The Morgan fingerprint density at radius 1 is 1.53 bits per heavy atom. The number of rotatable bonds is 4. The summed E-state index contributed by atoms with van der Waals surface area (Å²) < 4.78 is 26.4. The summed E-state index contributed by atoms with van der Waals surface area (Å²) in [5.41, 5.74) is 1.19. The second-order valence-corrected chi connectivity index (χ2v) is 5.73. The van der Waals surface area contributed by atoms with Crippen molar-refractivity contribution < 1.29 is 13.9 Å². The highest BCUT2D eigenvalue weighted by Gasteiger charge is 2.38. The topological polar surface area (TPSA) is 20.2 Å². The van der Waals surface area contributed by atoms with Crippen LogP contribution >= 0.6 is 11.3 Å². The lowest BCUT2D eigenvalue weighted by molar-refractivity contribution is -0.0763. The number of alkyl halides is 2. The van der Waals surface area contributed by atoms with Crippen molar-refractivity contribution in [3.63, 3.8) is 0 Å². The molecule has 1 fully saturated rings.